The molecule has 0 bridgehead atoms. The number of pyridine rings is 1. The number of hydrogen-bond acceptors (Lipinski definition) is 4. The van der Waals surface area contributed by atoms with Crippen LogP contribution in [0.1, 0.15) is 31.2 Å². The van der Waals surface area contributed by atoms with Crippen LogP contribution in [0.3, 0.4) is 0 Å². The Hall–Kier alpha value is -2.80. The summed E-state index contributed by atoms with van der Waals surface area (Å²) < 4.78 is 2.04. The van der Waals surface area contributed by atoms with E-state index in [0.29, 0.717) is 29.7 Å². The molecule has 1 amide bonds. The minimum atomic E-state index is -0.0625. The number of aromatic amines is 1. The Labute approximate surface area is 168 Å². The van der Waals surface area contributed by atoms with Gasteiger partial charge in [0.15, 0.2) is 4.77 Å². The number of benzene rings is 1. The van der Waals surface area contributed by atoms with Crippen molar-refractivity contribution in [2.75, 3.05) is 6.54 Å². The summed E-state index contributed by atoms with van der Waals surface area (Å²) >= 11 is 5.31. The van der Waals surface area contributed by atoms with E-state index in [4.69, 9.17) is 12.2 Å². The van der Waals surface area contributed by atoms with E-state index in [1.54, 1.807) is 16.8 Å². The Kier molecular flexibility index (Phi) is 7.08. The summed E-state index contributed by atoms with van der Waals surface area (Å²) in [5, 5.41) is 3.58. The Bertz CT molecular complexity index is 1040. The minimum absolute atomic E-state index is 0.0593. The molecule has 6 nitrogen and oxygen atoms in total. The van der Waals surface area contributed by atoms with Crippen molar-refractivity contribution in [3.05, 3.63) is 69.5 Å². The number of H-pyrrole nitrogens is 1. The summed E-state index contributed by atoms with van der Waals surface area (Å²) in [6, 6.07) is 11.3. The van der Waals surface area contributed by atoms with E-state index < -0.39 is 0 Å². The summed E-state index contributed by atoms with van der Waals surface area (Å²) in [6.07, 6.45) is 7.28. The molecule has 3 aromatic rings. The molecule has 7 heteroatoms. The third kappa shape index (κ3) is 5.36. The molecule has 0 saturated carbocycles. The molecule has 0 aliphatic heterocycles. The van der Waals surface area contributed by atoms with E-state index in [0.717, 1.165) is 36.8 Å². The number of nitrogens with one attached hydrogen (secondary N) is 2. The van der Waals surface area contributed by atoms with E-state index in [9.17, 15) is 9.59 Å². The molecule has 0 unspecified atom stereocenters. The second-order valence-electron chi connectivity index (χ2n) is 6.70. The average molecular weight is 397 g/mol. The zero-order chi connectivity index (χ0) is 19.8. The Balaban J connectivity index is 1.39. The number of carbonyl (C=O) groups is 1. The third-order valence-electron chi connectivity index (χ3n) is 4.63. The Morgan fingerprint density at radius 1 is 1.14 bits per heavy atom. The fraction of sp³-hybridized carbons (Fsp3) is 0.333. The molecule has 2 N–H and O–H groups in total. The molecule has 0 saturated heterocycles. The molecule has 28 heavy (non-hydrogen) atoms. The zero-order valence-corrected chi connectivity index (χ0v) is 16.5. The highest BCUT2D eigenvalue weighted by Gasteiger charge is 2.05. The van der Waals surface area contributed by atoms with Crippen molar-refractivity contribution in [1.29, 1.82) is 0 Å². The number of carbonyl (C=O) groups excluding carboxylic acids is 1. The van der Waals surface area contributed by atoms with Crippen LogP contribution in [0.25, 0.3) is 10.9 Å². The van der Waals surface area contributed by atoms with Gasteiger partial charge >= 0.3 is 0 Å². The molecule has 2 heterocycles. The Morgan fingerprint density at radius 3 is 2.82 bits per heavy atom. The predicted molar refractivity (Wildman–Crippen MR) is 113 cm³/mol. The van der Waals surface area contributed by atoms with Gasteiger partial charge in [-0.1, -0.05) is 24.6 Å². The topological polar surface area (TPSA) is 79.8 Å². The second kappa shape index (κ2) is 9.94. The quantitative estimate of drug-likeness (QED) is 0.429. The normalized spacial score (nSPS) is 10.9. The van der Waals surface area contributed by atoms with E-state index in [1.165, 1.54) is 0 Å². The second-order valence-corrected chi connectivity index (χ2v) is 7.09. The van der Waals surface area contributed by atoms with Crippen molar-refractivity contribution in [1.82, 2.24) is 19.9 Å². The van der Waals surface area contributed by atoms with Crippen LogP contribution in [0.15, 0.2) is 53.6 Å². The first-order valence-electron chi connectivity index (χ1n) is 9.52. The van der Waals surface area contributed by atoms with Crippen molar-refractivity contribution in [3.8, 4) is 0 Å². The number of fused-ring (bicyclic) bond motifs is 1. The first-order valence-corrected chi connectivity index (χ1v) is 9.93. The highest BCUT2D eigenvalue weighted by Crippen LogP contribution is 2.07. The van der Waals surface area contributed by atoms with Crippen LogP contribution in [0, 0.1) is 4.77 Å². The highest BCUT2D eigenvalue weighted by molar-refractivity contribution is 7.71. The molecule has 0 fully saturated rings. The monoisotopic (exact) mass is 396 g/mol. The van der Waals surface area contributed by atoms with E-state index in [2.05, 4.69) is 15.3 Å². The van der Waals surface area contributed by atoms with Gasteiger partial charge < -0.3 is 10.3 Å². The van der Waals surface area contributed by atoms with Crippen LogP contribution in [0.5, 0.6) is 0 Å². The summed E-state index contributed by atoms with van der Waals surface area (Å²) in [6.45, 7) is 1.17. The molecule has 0 aliphatic carbocycles. The summed E-state index contributed by atoms with van der Waals surface area (Å²) in [5.41, 5.74) is 1.81. The number of unbranched alkanes of at least 4 members (excludes halogenated alkanes) is 2. The van der Waals surface area contributed by atoms with Crippen LogP contribution in [0.2, 0.25) is 0 Å². The van der Waals surface area contributed by atoms with Gasteiger partial charge in [-0.2, -0.15) is 0 Å². The van der Waals surface area contributed by atoms with Crippen molar-refractivity contribution in [2.45, 2.75) is 38.6 Å². The fourth-order valence-corrected chi connectivity index (χ4v) is 3.40. The van der Waals surface area contributed by atoms with Crippen molar-refractivity contribution in [2.24, 2.45) is 0 Å². The largest absolute Gasteiger partial charge is 0.356 e. The van der Waals surface area contributed by atoms with Gasteiger partial charge in [-0.05, 0) is 55.2 Å². The van der Waals surface area contributed by atoms with Gasteiger partial charge in [-0.3, -0.25) is 19.1 Å². The van der Waals surface area contributed by atoms with Gasteiger partial charge in [0, 0.05) is 31.9 Å². The molecule has 2 aromatic heterocycles. The van der Waals surface area contributed by atoms with Crippen molar-refractivity contribution < 1.29 is 4.79 Å². The lowest BCUT2D eigenvalue weighted by atomic mass is 10.1. The number of hydrogen-bond donors (Lipinski definition) is 2. The predicted octanol–water partition coefficient (Wildman–Crippen LogP) is 3.37. The lowest BCUT2D eigenvalue weighted by Gasteiger charge is -2.08. The van der Waals surface area contributed by atoms with Gasteiger partial charge in [-0.15, -0.1) is 0 Å². The Morgan fingerprint density at radius 2 is 2.00 bits per heavy atom. The minimum Gasteiger partial charge on any atom is -0.356 e. The maximum atomic E-state index is 12.6. The number of rotatable bonds is 9. The molecule has 146 valence electrons. The number of aromatic nitrogens is 3. The fourth-order valence-electron chi connectivity index (χ4n) is 3.11. The van der Waals surface area contributed by atoms with Gasteiger partial charge in [0.05, 0.1) is 10.9 Å². The molecule has 3 rings (SSSR count). The van der Waals surface area contributed by atoms with Crippen LogP contribution in [0.4, 0.5) is 0 Å². The van der Waals surface area contributed by atoms with Crippen LogP contribution in [-0.4, -0.2) is 27.0 Å². The van der Waals surface area contributed by atoms with Crippen molar-refractivity contribution >= 4 is 29.0 Å². The SMILES string of the molecule is O=C(CCCCCn1c(=S)[nH]c2ccccc2c1=O)NCCc1cccnc1. The molecular formula is C21H24N4O2S. The molecule has 1 aromatic carbocycles. The van der Waals surface area contributed by atoms with Crippen LogP contribution in [-0.2, 0) is 17.8 Å². The lowest BCUT2D eigenvalue weighted by Crippen LogP contribution is -2.25. The maximum Gasteiger partial charge on any atom is 0.262 e. The van der Waals surface area contributed by atoms with Crippen molar-refractivity contribution in [3.63, 3.8) is 0 Å². The molecule has 0 spiro atoms. The van der Waals surface area contributed by atoms with Crippen LogP contribution >= 0.6 is 12.2 Å². The molecular weight excluding hydrogens is 372 g/mol. The maximum absolute atomic E-state index is 12.6. The van der Waals surface area contributed by atoms with Crippen LogP contribution < -0.4 is 10.9 Å². The number of para-hydroxylation sites is 1. The highest BCUT2D eigenvalue weighted by atomic mass is 32.1. The van der Waals surface area contributed by atoms with E-state index in [-0.39, 0.29) is 11.5 Å². The molecule has 0 atom stereocenters. The van der Waals surface area contributed by atoms with E-state index >= 15 is 0 Å². The smallest absolute Gasteiger partial charge is 0.262 e. The number of nitrogens with zero attached hydrogens (tertiary/aromatic N) is 2. The number of amides is 1. The average Bonchev–Trinajstić information content (AvgIpc) is 2.71. The molecule has 0 aliphatic rings. The molecule has 0 radical (unpaired) electrons. The van der Waals surface area contributed by atoms with Gasteiger partial charge in [0.2, 0.25) is 5.91 Å². The summed E-state index contributed by atoms with van der Waals surface area (Å²) in [7, 11) is 0. The summed E-state index contributed by atoms with van der Waals surface area (Å²) in [4.78, 5) is 31.6. The third-order valence-corrected chi connectivity index (χ3v) is 4.96. The lowest BCUT2D eigenvalue weighted by molar-refractivity contribution is -0.121. The van der Waals surface area contributed by atoms with Gasteiger partial charge in [0.25, 0.3) is 5.56 Å². The zero-order valence-electron chi connectivity index (χ0n) is 15.7. The van der Waals surface area contributed by atoms with E-state index in [1.807, 2.05) is 36.5 Å². The standard InChI is InChI=1S/C21H24N4O2S/c26-19(23-13-11-16-7-6-12-22-15-16)10-2-1-5-14-25-20(27)17-8-3-4-9-18(17)24-21(25)28/h3-4,6-9,12,15H,1-2,5,10-11,13-14H2,(H,23,26)(H,24,28). The van der Waals surface area contributed by atoms with Gasteiger partial charge in [0.1, 0.15) is 0 Å². The first kappa shape index (κ1) is 19.9. The van der Waals surface area contributed by atoms with Gasteiger partial charge in [-0.25, -0.2) is 0 Å². The summed E-state index contributed by atoms with van der Waals surface area (Å²) in [5.74, 6) is 0.0593. The first-order chi connectivity index (χ1) is 13.6.